The first-order valence-electron chi connectivity index (χ1n) is 9.58. The second-order valence-electron chi connectivity index (χ2n) is 6.44. The summed E-state index contributed by atoms with van der Waals surface area (Å²) in [5.41, 5.74) is 1.26. The normalized spacial score (nSPS) is 10.2. The first kappa shape index (κ1) is 22.5. The maximum Gasteiger partial charge on any atom is 0.342 e. The highest BCUT2D eigenvalue weighted by atomic mass is 16.5. The van der Waals surface area contributed by atoms with E-state index >= 15 is 0 Å². The van der Waals surface area contributed by atoms with Crippen molar-refractivity contribution in [1.82, 2.24) is 9.97 Å². The molecule has 0 unspecified atom stereocenters. The van der Waals surface area contributed by atoms with Gasteiger partial charge in [-0.15, -0.1) is 0 Å². The van der Waals surface area contributed by atoms with Crippen molar-refractivity contribution in [2.45, 2.75) is 13.0 Å². The van der Waals surface area contributed by atoms with Gasteiger partial charge in [-0.05, 0) is 17.2 Å². The third kappa shape index (κ3) is 5.72. The number of aromatic nitrogens is 2. The Morgan fingerprint density at radius 3 is 2.19 bits per heavy atom. The van der Waals surface area contributed by atoms with E-state index in [2.05, 4.69) is 9.97 Å². The lowest BCUT2D eigenvalue weighted by molar-refractivity contribution is -0.139. The van der Waals surface area contributed by atoms with Gasteiger partial charge in [0.25, 0.3) is 0 Å². The monoisotopic (exact) mass is 438 g/mol. The van der Waals surface area contributed by atoms with Crippen LogP contribution < -0.4 is 14.2 Å². The molecule has 0 bridgehead atoms. The molecule has 3 rings (SSSR count). The zero-order chi connectivity index (χ0) is 22.9. The van der Waals surface area contributed by atoms with E-state index in [1.54, 1.807) is 18.2 Å². The zero-order valence-electron chi connectivity index (χ0n) is 17.9. The van der Waals surface area contributed by atoms with Gasteiger partial charge in [0.05, 0.1) is 33.8 Å². The standard InChI is InChI=1S/C23H22N2O7/c1-28-18-13-19(29-2)25-23(24-18)32-17-11-7-10-16(12-20(26)30-3)21(17)22(27)31-14-15-8-5-4-6-9-15/h4-11,13H,12,14H2,1-3H3. The molecule has 0 saturated heterocycles. The number of carbonyl (C=O) groups excluding carboxylic acids is 2. The Balaban J connectivity index is 1.95. The summed E-state index contributed by atoms with van der Waals surface area (Å²) >= 11 is 0. The zero-order valence-corrected chi connectivity index (χ0v) is 17.9. The van der Waals surface area contributed by atoms with Crippen molar-refractivity contribution < 1.29 is 33.3 Å². The van der Waals surface area contributed by atoms with Crippen molar-refractivity contribution in [3.63, 3.8) is 0 Å². The summed E-state index contributed by atoms with van der Waals surface area (Å²) in [6.07, 6.45) is -0.147. The summed E-state index contributed by atoms with van der Waals surface area (Å²) in [4.78, 5) is 33.2. The Kier molecular flexibility index (Phi) is 7.58. The molecule has 0 amide bonds. The van der Waals surface area contributed by atoms with Gasteiger partial charge >= 0.3 is 17.9 Å². The highest BCUT2D eigenvalue weighted by Crippen LogP contribution is 2.30. The topological polar surface area (TPSA) is 106 Å². The van der Waals surface area contributed by atoms with Gasteiger partial charge in [0.1, 0.15) is 17.9 Å². The van der Waals surface area contributed by atoms with E-state index in [4.69, 9.17) is 23.7 Å². The lowest BCUT2D eigenvalue weighted by Gasteiger charge is -2.14. The highest BCUT2D eigenvalue weighted by molar-refractivity contribution is 5.95. The molecular weight excluding hydrogens is 416 g/mol. The molecule has 1 heterocycles. The van der Waals surface area contributed by atoms with Crippen LogP contribution in [0, 0.1) is 0 Å². The number of methoxy groups -OCH3 is 3. The average molecular weight is 438 g/mol. The molecule has 9 heteroatoms. The third-order valence-electron chi connectivity index (χ3n) is 4.37. The molecule has 0 fully saturated rings. The Bertz CT molecular complexity index is 1060. The van der Waals surface area contributed by atoms with Crippen molar-refractivity contribution in [3.05, 3.63) is 71.3 Å². The number of carbonyl (C=O) groups is 2. The number of hydrogen-bond donors (Lipinski definition) is 0. The van der Waals surface area contributed by atoms with Crippen LogP contribution in [0.2, 0.25) is 0 Å². The number of rotatable bonds is 9. The highest BCUT2D eigenvalue weighted by Gasteiger charge is 2.23. The quantitative estimate of drug-likeness (QED) is 0.465. The Morgan fingerprint density at radius 2 is 1.56 bits per heavy atom. The van der Waals surface area contributed by atoms with E-state index in [-0.39, 0.29) is 42.1 Å². The molecule has 9 nitrogen and oxygen atoms in total. The number of nitrogens with zero attached hydrogens (tertiary/aromatic N) is 2. The summed E-state index contributed by atoms with van der Waals surface area (Å²) in [5, 5.41) is 0. The van der Waals surface area contributed by atoms with E-state index < -0.39 is 11.9 Å². The number of ether oxygens (including phenoxy) is 5. The predicted octanol–water partition coefficient (Wildman–Crippen LogP) is 3.36. The molecule has 0 spiro atoms. The summed E-state index contributed by atoms with van der Waals surface area (Å²) in [6.45, 7) is 0.0507. The van der Waals surface area contributed by atoms with Crippen LogP contribution in [0.4, 0.5) is 0 Å². The molecule has 0 atom stereocenters. The van der Waals surface area contributed by atoms with Crippen molar-refractivity contribution in [2.24, 2.45) is 0 Å². The van der Waals surface area contributed by atoms with Crippen LogP contribution in [-0.4, -0.2) is 43.2 Å². The van der Waals surface area contributed by atoms with Crippen LogP contribution in [0.5, 0.6) is 23.5 Å². The minimum Gasteiger partial charge on any atom is -0.481 e. The number of esters is 2. The maximum atomic E-state index is 13.0. The molecule has 2 aromatic carbocycles. The molecule has 166 valence electrons. The molecule has 32 heavy (non-hydrogen) atoms. The largest absolute Gasteiger partial charge is 0.481 e. The molecular formula is C23H22N2O7. The van der Waals surface area contributed by atoms with Crippen molar-refractivity contribution >= 4 is 11.9 Å². The molecule has 3 aromatic rings. The summed E-state index contributed by atoms with van der Waals surface area (Å²) in [5.74, 6) is -0.645. The van der Waals surface area contributed by atoms with Gasteiger partial charge in [0.2, 0.25) is 11.8 Å². The van der Waals surface area contributed by atoms with Crippen molar-refractivity contribution in [2.75, 3.05) is 21.3 Å². The molecule has 0 N–H and O–H groups in total. The summed E-state index contributed by atoms with van der Waals surface area (Å²) < 4.78 is 26.3. The number of benzene rings is 2. The Morgan fingerprint density at radius 1 is 0.875 bits per heavy atom. The SMILES string of the molecule is COC(=O)Cc1cccc(Oc2nc(OC)cc(OC)n2)c1C(=O)OCc1ccccc1. The van der Waals surface area contributed by atoms with Crippen LogP contribution in [0.1, 0.15) is 21.5 Å². The molecule has 0 aliphatic rings. The van der Waals surface area contributed by atoms with E-state index in [1.807, 2.05) is 30.3 Å². The van der Waals surface area contributed by atoms with Crippen LogP contribution >= 0.6 is 0 Å². The molecule has 0 saturated carbocycles. The summed E-state index contributed by atoms with van der Waals surface area (Å²) in [6, 6.07) is 15.4. The van der Waals surface area contributed by atoms with Crippen molar-refractivity contribution in [1.29, 1.82) is 0 Å². The van der Waals surface area contributed by atoms with Gasteiger partial charge in [0.15, 0.2) is 0 Å². The smallest absolute Gasteiger partial charge is 0.342 e. The van der Waals surface area contributed by atoms with Gasteiger partial charge in [-0.2, -0.15) is 9.97 Å². The molecule has 0 aliphatic carbocycles. The van der Waals surface area contributed by atoms with Gasteiger partial charge in [-0.1, -0.05) is 42.5 Å². The average Bonchev–Trinajstić information content (AvgIpc) is 2.83. The lowest BCUT2D eigenvalue weighted by Crippen LogP contribution is -2.14. The first-order valence-corrected chi connectivity index (χ1v) is 9.58. The van der Waals surface area contributed by atoms with Crippen LogP contribution in [0.25, 0.3) is 0 Å². The van der Waals surface area contributed by atoms with Gasteiger partial charge in [-0.25, -0.2) is 4.79 Å². The lowest BCUT2D eigenvalue weighted by atomic mass is 10.0. The molecule has 1 aromatic heterocycles. The van der Waals surface area contributed by atoms with Crippen molar-refractivity contribution in [3.8, 4) is 23.5 Å². The Hall–Kier alpha value is -4.14. The van der Waals surface area contributed by atoms with Gasteiger partial charge in [0, 0.05) is 0 Å². The minimum absolute atomic E-state index is 0.0507. The van der Waals surface area contributed by atoms with Crippen LogP contribution in [-0.2, 0) is 27.3 Å². The van der Waals surface area contributed by atoms with E-state index in [1.165, 1.54) is 27.4 Å². The maximum absolute atomic E-state index is 13.0. The Labute approximate surface area is 184 Å². The second-order valence-corrected chi connectivity index (χ2v) is 6.44. The van der Waals surface area contributed by atoms with Crippen LogP contribution in [0.15, 0.2) is 54.6 Å². The number of hydrogen-bond acceptors (Lipinski definition) is 9. The fourth-order valence-corrected chi connectivity index (χ4v) is 2.80. The fourth-order valence-electron chi connectivity index (χ4n) is 2.80. The second kappa shape index (κ2) is 10.8. The molecule has 0 aliphatic heterocycles. The van der Waals surface area contributed by atoms with E-state index in [9.17, 15) is 9.59 Å². The third-order valence-corrected chi connectivity index (χ3v) is 4.37. The first-order chi connectivity index (χ1) is 15.5. The van der Waals surface area contributed by atoms with E-state index in [0.29, 0.717) is 5.56 Å². The van der Waals surface area contributed by atoms with Gasteiger partial charge in [-0.3, -0.25) is 4.79 Å². The summed E-state index contributed by atoms with van der Waals surface area (Å²) in [7, 11) is 4.15. The predicted molar refractivity (Wildman–Crippen MR) is 113 cm³/mol. The molecule has 0 radical (unpaired) electrons. The van der Waals surface area contributed by atoms with Crippen LogP contribution in [0.3, 0.4) is 0 Å². The van der Waals surface area contributed by atoms with Gasteiger partial charge < -0.3 is 23.7 Å². The fraction of sp³-hybridized carbons (Fsp3) is 0.217. The van der Waals surface area contributed by atoms with E-state index in [0.717, 1.165) is 5.56 Å². The minimum atomic E-state index is -0.668.